The molecule has 7 heteroatoms. The number of fused-ring (bicyclic) bond motifs is 6. The van der Waals surface area contributed by atoms with Crippen molar-refractivity contribution in [3.63, 3.8) is 0 Å². The molecular weight excluding hydrogens is 540 g/mol. The van der Waals surface area contributed by atoms with Crippen LogP contribution in [0.4, 0.5) is 5.69 Å². The minimum absolute atomic E-state index is 0.233. The normalized spacial score (nSPS) is 22.9. The van der Waals surface area contributed by atoms with Gasteiger partial charge < -0.3 is 19.7 Å². The van der Waals surface area contributed by atoms with Gasteiger partial charge in [0.2, 0.25) is 5.91 Å². The molecule has 7 rings (SSSR count). The molecule has 4 aromatic carbocycles. The average molecular weight is 571 g/mol. The first-order chi connectivity index (χ1) is 20.9. The highest BCUT2D eigenvalue weighted by Crippen LogP contribution is 2.62. The van der Waals surface area contributed by atoms with Gasteiger partial charge in [0.1, 0.15) is 23.0 Å². The van der Waals surface area contributed by atoms with E-state index in [9.17, 15) is 9.59 Å². The van der Waals surface area contributed by atoms with E-state index in [0.717, 1.165) is 16.7 Å². The first-order valence-corrected chi connectivity index (χ1v) is 14.2. The van der Waals surface area contributed by atoms with Crippen molar-refractivity contribution in [1.82, 2.24) is 4.90 Å². The molecule has 0 unspecified atom stereocenters. The van der Waals surface area contributed by atoms with E-state index in [4.69, 9.17) is 9.47 Å². The van der Waals surface area contributed by atoms with Crippen molar-refractivity contribution in [3.8, 4) is 11.5 Å². The Labute approximate surface area is 249 Å². The number of nitrogens with one attached hydrogen (secondary N) is 1. The van der Waals surface area contributed by atoms with Gasteiger partial charge in [-0.15, -0.1) is 0 Å². The zero-order valence-electron chi connectivity index (χ0n) is 24.0. The lowest BCUT2D eigenvalue weighted by Gasteiger charge is -2.38. The van der Waals surface area contributed by atoms with Crippen molar-refractivity contribution in [2.45, 2.75) is 24.4 Å². The minimum atomic E-state index is -1.42. The molecule has 0 aromatic heterocycles. The van der Waals surface area contributed by atoms with E-state index in [2.05, 4.69) is 5.32 Å². The van der Waals surface area contributed by atoms with Gasteiger partial charge in [0, 0.05) is 17.5 Å². The van der Waals surface area contributed by atoms with Crippen molar-refractivity contribution in [2.24, 2.45) is 5.92 Å². The Hall–Kier alpha value is -5.17. The van der Waals surface area contributed by atoms with Crippen LogP contribution in [0.1, 0.15) is 49.0 Å². The van der Waals surface area contributed by atoms with Crippen molar-refractivity contribution < 1.29 is 23.9 Å². The zero-order valence-corrected chi connectivity index (χ0v) is 24.0. The summed E-state index contributed by atoms with van der Waals surface area (Å²) in [6.45, 7) is 1.96. The number of anilines is 1. The Kier molecular flexibility index (Phi) is 6.20. The molecule has 4 atom stereocenters. The van der Waals surface area contributed by atoms with E-state index in [-0.39, 0.29) is 23.0 Å². The van der Waals surface area contributed by atoms with Crippen LogP contribution in [0.5, 0.6) is 11.5 Å². The van der Waals surface area contributed by atoms with Crippen LogP contribution in [0.25, 0.3) is 6.08 Å². The molecule has 0 aliphatic carbocycles. The third kappa shape index (κ3) is 3.77. The van der Waals surface area contributed by atoms with Crippen molar-refractivity contribution in [2.75, 3.05) is 19.5 Å². The standard InChI is InChI=1S/C36H30N2O5/c1-21-12-14-23(15-13-21)32(39)31-30(33(40)26-20-24(42-2)16-17-29(26)43-3)36(27-10-6-7-11-28(27)37-35(36)41)34-25-9-5-4-8-22(25)18-19-38(31)34/h4-20,30-31,34H,1-3H3,(H,37,41)/t30-,31+,34-,36+/m0/s1. The van der Waals surface area contributed by atoms with Gasteiger partial charge in [0.15, 0.2) is 11.6 Å². The molecular formula is C36H30N2O5. The number of ether oxygens (including phenoxy) is 2. The third-order valence-corrected chi connectivity index (χ3v) is 9.13. The average Bonchev–Trinajstić information content (AvgIpc) is 3.52. The van der Waals surface area contributed by atoms with Crippen LogP contribution in [0, 0.1) is 12.8 Å². The lowest BCUT2D eigenvalue weighted by Crippen LogP contribution is -2.49. The molecule has 0 saturated carbocycles. The molecule has 1 N–H and O–H groups in total. The fourth-order valence-electron chi connectivity index (χ4n) is 7.23. The Morgan fingerprint density at radius 1 is 0.860 bits per heavy atom. The van der Waals surface area contributed by atoms with Crippen LogP contribution in [-0.2, 0) is 10.2 Å². The monoisotopic (exact) mass is 570 g/mol. The van der Waals surface area contributed by atoms with E-state index in [1.54, 1.807) is 30.3 Å². The number of rotatable bonds is 6. The van der Waals surface area contributed by atoms with Crippen molar-refractivity contribution in [3.05, 3.63) is 131 Å². The number of amides is 1. The fraction of sp³-hybridized carbons (Fsp3) is 0.194. The second kappa shape index (κ2) is 9.98. The van der Waals surface area contributed by atoms with E-state index < -0.39 is 23.4 Å². The smallest absolute Gasteiger partial charge is 0.238 e. The first-order valence-electron chi connectivity index (χ1n) is 14.2. The maximum atomic E-state index is 15.1. The molecule has 1 spiro atoms. The van der Waals surface area contributed by atoms with Crippen LogP contribution < -0.4 is 14.8 Å². The highest BCUT2D eigenvalue weighted by atomic mass is 16.5. The SMILES string of the molecule is COc1ccc(OC)c(C(=O)[C@@H]2[C@H](C(=O)c3ccc(C)cc3)N3C=Cc4ccccc4[C@H]3[C@]23C(=O)Nc2ccccc23)c1. The highest BCUT2D eigenvalue weighted by Gasteiger charge is 2.70. The summed E-state index contributed by atoms with van der Waals surface area (Å²) in [6, 6.07) is 26.1. The number of Topliss-reactive ketones (excluding diaryl/α,β-unsaturated/α-hetero) is 2. The number of carbonyl (C=O) groups excluding carboxylic acids is 3. The fourth-order valence-corrected chi connectivity index (χ4v) is 7.23. The lowest BCUT2D eigenvalue weighted by atomic mass is 9.62. The summed E-state index contributed by atoms with van der Waals surface area (Å²) in [4.78, 5) is 46.4. The maximum absolute atomic E-state index is 15.1. The minimum Gasteiger partial charge on any atom is -0.497 e. The van der Waals surface area contributed by atoms with Crippen LogP contribution in [0.2, 0.25) is 0 Å². The van der Waals surface area contributed by atoms with Crippen LogP contribution in [0.15, 0.2) is 97.2 Å². The molecule has 1 fully saturated rings. The van der Waals surface area contributed by atoms with Gasteiger partial charge >= 0.3 is 0 Å². The number of nitrogens with zero attached hydrogens (tertiary/aromatic N) is 1. The summed E-state index contributed by atoms with van der Waals surface area (Å²) in [6.07, 6.45) is 3.82. The highest BCUT2D eigenvalue weighted by molar-refractivity contribution is 6.17. The van der Waals surface area contributed by atoms with Gasteiger partial charge in [-0.3, -0.25) is 14.4 Å². The molecule has 3 heterocycles. The Morgan fingerprint density at radius 3 is 2.37 bits per heavy atom. The topological polar surface area (TPSA) is 84.9 Å². The summed E-state index contributed by atoms with van der Waals surface area (Å²) in [7, 11) is 3.03. The number of ketones is 2. The molecule has 1 saturated heterocycles. The summed E-state index contributed by atoms with van der Waals surface area (Å²) in [5, 5.41) is 3.08. The van der Waals surface area contributed by atoms with E-state index in [1.807, 2.05) is 84.8 Å². The molecule has 0 bridgehead atoms. The second-order valence-electron chi connectivity index (χ2n) is 11.2. The largest absolute Gasteiger partial charge is 0.497 e. The quantitative estimate of drug-likeness (QED) is 0.287. The number of methoxy groups -OCH3 is 2. The molecule has 4 aromatic rings. The predicted octanol–water partition coefficient (Wildman–Crippen LogP) is 5.99. The number of benzene rings is 4. The maximum Gasteiger partial charge on any atom is 0.238 e. The second-order valence-corrected chi connectivity index (χ2v) is 11.2. The number of aryl methyl sites for hydroxylation is 1. The first kappa shape index (κ1) is 26.7. The van der Waals surface area contributed by atoms with Gasteiger partial charge in [0.25, 0.3) is 0 Å². The number of carbonyl (C=O) groups is 3. The van der Waals surface area contributed by atoms with E-state index >= 15 is 4.79 Å². The summed E-state index contributed by atoms with van der Waals surface area (Å²) >= 11 is 0. The lowest BCUT2D eigenvalue weighted by molar-refractivity contribution is -0.122. The Bertz CT molecular complexity index is 1830. The van der Waals surface area contributed by atoms with E-state index in [0.29, 0.717) is 28.3 Å². The van der Waals surface area contributed by atoms with Crippen molar-refractivity contribution in [1.29, 1.82) is 0 Å². The molecule has 43 heavy (non-hydrogen) atoms. The number of para-hydroxylation sites is 1. The number of hydrogen-bond acceptors (Lipinski definition) is 6. The van der Waals surface area contributed by atoms with Gasteiger partial charge in [0.05, 0.1) is 31.7 Å². The van der Waals surface area contributed by atoms with Gasteiger partial charge in [-0.25, -0.2) is 0 Å². The predicted molar refractivity (Wildman–Crippen MR) is 163 cm³/mol. The molecule has 3 aliphatic rings. The van der Waals surface area contributed by atoms with Gasteiger partial charge in [-0.2, -0.15) is 0 Å². The van der Waals surface area contributed by atoms with E-state index in [1.165, 1.54) is 14.2 Å². The van der Waals surface area contributed by atoms with Gasteiger partial charge in [-0.05, 0) is 54.0 Å². The summed E-state index contributed by atoms with van der Waals surface area (Å²) in [5.74, 6) is -1.21. The molecule has 3 aliphatic heterocycles. The molecule has 7 nitrogen and oxygen atoms in total. The summed E-state index contributed by atoms with van der Waals surface area (Å²) in [5.41, 5.74) is 3.47. The Morgan fingerprint density at radius 2 is 1.60 bits per heavy atom. The third-order valence-electron chi connectivity index (χ3n) is 9.13. The zero-order chi connectivity index (χ0) is 29.9. The molecule has 0 radical (unpaired) electrons. The molecule has 214 valence electrons. The van der Waals surface area contributed by atoms with Crippen LogP contribution in [-0.4, -0.2) is 42.6 Å². The molecule has 1 amide bonds. The van der Waals surface area contributed by atoms with Crippen LogP contribution in [0.3, 0.4) is 0 Å². The Balaban J connectivity index is 1.55. The van der Waals surface area contributed by atoms with Gasteiger partial charge in [-0.1, -0.05) is 72.3 Å². The van der Waals surface area contributed by atoms with Crippen molar-refractivity contribution >= 4 is 29.2 Å². The summed E-state index contributed by atoms with van der Waals surface area (Å²) < 4.78 is 11.1. The number of hydrogen-bond donors (Lipinski definition) is 1. The van der Waals surface area contributed by atoms with Crippen LogP contribution >= 0.6 is 0 Å².